The molecule has 20 heavy (non-hydrogen) atoms. The highest BCUT2D eigenvalue weighted by Crippen LogP contribution is 2.13. The van der Waals surface area contributed by atoms with E-state index in [4.69, 9.17) is 11.6 Å². The normalized spacial score (nSPS) is 11.9. The molecule has 5 heteroatoms. The van der Waals surface area contributed by atoms with Gasteiger partial charge in [0.1, 0.15) is 0 Å². The number of nitrogens with zero attached hydrogens (tertiary/aromatic N) is 1. The Kier molecular flexibility index (Phi) is 5.09. The van der Waals surface area contributed by atoms with E-state index in [-0.39, 0.29) is 18.6 Å². The van der Waals surface area contributed by atoms with Gasteiger partial charge in [-0.2, -0.15) is 0 Å². The van der Waals surface area contributed by atoms with Crippen molar-refractivity contribution in [2.45, 2.75) is 12.5 Å². The molecule has 4 nitrogen and oxygen atoms in total. The first-order valence-corrected chi connectivity index (χ1v) is 6.63. The topological polar surface area (TPSA) is 62.2 Å². The van der Waals surface area contributed by atoms with Crippen molar-refractivity contribution in [1.29, 1.82) is 0 Å². The van der Waals surface area contributed by atoms with Gasteiger partial charge in [0, 0.05) is 12.4 Å². The zero-order valence-corrected chi connectivity index (χ0v) is 11.5. The molecular weight excluding hydrogens is 276 g/mol. The van der Waals surface area contributed by atoms with Crippen LogP contribution >= 0.6 is 11.6 Å². The Morgan fingerprint density at radius 1 is 1.30 bits per heavy atom. The van der Waals surface area contributed by atoms with Gasteiger partial charge in [0.25, 0.3) is 5.91 Å². The van der Waals surface area contributed by atoms with Crippen LogP contribution in [0.2, 0.25) is 5.02 Å². The van der Waals surface area contributed by atoms with Gasteiger partial charge >= 0.3 is 0 Å². The Morgan fingerprint density at radius 3 is 2.70 bits per heavy atom. The number of carbonyl (C=O) groups excluding carboxylic acids is 1. The van der Waals surface area contributed by atoms with E-state index in [1.165, 1.54) is 12.4 Å². The molecule has 104 valence electrons. The number of hydrogen-bond acceptors (Lipinski definition) is 3. The second-order valence-corrected chi connectivity index (χ2v) is 4.81. The molecule has 0 radical (unpaired) electrons. The van der Waals surface area contributed by atoms with Crippen molar-refractivity contribution in [3.8, 4) is 0 Å². The fourth-order valence-electron chi connectivity index (χ4n) is 1.87. The molecule has 2 N–H and O–H groups in total. The number of aliphatic hydroxyl groups excluding tert-OH is 1. The highest BCUT2D eigenvalue weighted by Gasteiger charge is 2.15. The summed E-state index contributed by atoms with van der Waals surface area (Å²) in [6.07, 6.45) is 3.49. The van der Waals surface area contributed by atoms with Gasteiger partial charge in [-0.05, 0) is 18.1 Å². The molecule has 0 aliphatic rings. The Labute approximate surface area is 122 Å². The molecule has 0 saturated carbocycles. The van der Waals surface area contributed by atoms with Crippen LogP contribution in [0.1, 0.15) is 15.9 Å². The van der Waals surface area contributed by atoms with E-state index in [2.05, 4.69) is 10.3 Å². The van der Waals surface area contributed by atoms with Crippen LogP contribution in [0.4, 0.5) is 0 Å². The summed E-state index contributed by atoms with van der Waals surface area (Å²) in [4.78, 5) is 16.0. The van der Waals surface area contributed by atoms with Crippen LogP contribution in [-0.2, 0) is 6.42 Å². The fourth-order valence-corrected chi connectivity index (χ4v) is 2.06. The van der Waals surface area contributed by atoms with Crippen LogP contribution in [0, 0.1) is 0 Å². The Morgan fingerprint density at radius 2 is 2.05 bits per heavy atom. The van der Waals surface area contributed by atoms with Crippen molar-refractivity contribution >= 4 is 17.5 Å². The van der Waals surface area contributed by atoms with Gasteiger partial charge in [0.2, 0.25) is 0 Å². The van der Waals surface area contributed by atoms with Gasteiger partial charge in [-0.25, -0.2) is 0 Å². The largest absolute Gasteiger partial charge is 0.394 e. The number of aliphatic hydroxyl groups is 1. The molecule has 0 fully saturated rings. The molecule has 0 spiro atoms. The lowest BCUT2D eigenvalue weighted by Crippen LogP contribution is -2.39. The van der Waals surface area contributed by atoms with E-state index in [0.29, 0.717) is 17.0 Å². The predicted octanol–water partition coefficient (Wildman–Crippen LogP) is 2.07. The van der Waals surface area contributed by atoms with Crippen molar-refractivity contribution in [2.24, 2.45) is 0 Å². The maximum atomic E-state index is 12.1. The van der Waals surface area contributed by atoms with E-state index >= 15 is 0 Å². The number of carbonyl (C=O) groups is 1. The van der Waals surface area contributed by atoms with Crippen molar-refractivity contribution in [3.05, 3.63) is 64.9 Å². The molecule has 1 atom stereocenters. The van der Waals surface area contributed by atoms with Crippen LogP contribution in [0.3, 0.4) is 0 Å². The van der Waals surface area contributed by atoms with E-state index < -0.39 is 0 Å². The van der Waals surface area contributed by atoms with Crippen molar-refractivity contribution in [3.63, 3.8) is 0 Å². The third kappa shape index (κ3) is 3.79. The second kappa shape index (κ2) is 7.03. The first-order chi connectivity index (χ1) is 9.70. The number of rotatable bonds is 5. The average molecular weight is 291 g/mol. The molecule has 1 aromatic carbocycles. The summed E-state index contributed by atoms with van der Waals surface area (Å²) in [5.74, 6) is -0.335. The van der Waals surface area contributed by atoms with Crippen LogP contribution < -0.4 is 5.32 Å². The lowest BCUT2D eigenvalue weighted by Gasteiger charge is -2.16. The second-order valence-electron chi connectivity index (χ2n) is 4.40. The standard InChI is InChI=1S/C15H15ClN2O2/c16-14-6-7-17-9-13(14)15(20)18-12(10-19)8-11-4-2-1-3-5-11/h1-7,9,12,19H,8,10H2,(H,18,20)/t12-/m0/s1. The van der Waals surface area contributed by atoms with Gasteiger partial charge in [-0.3, -0.25) is 9.78 Å². The van der Waals surface area contributed by atoms with Gasteiger partial charge in [0.15, 0.2) is 0 Å². The maximum Gasteiger partial charge on any atom is 0.254 e. The van der Waals surface area contributed by atoms with Gasteiger partial charge in [-0.1, -0.05) is 41.9 Å². The molecule has 0 saturated heterocycles. The van der Waals surface area contributed by atoms with Crippen LogP contribution in [0.25, 0.3) is 0 Å². The third-order valence-electron chi connectivity index (χ3n) is 2.89. The lowest BCUT2D eigenvalue weighted by atomic mass is 10.1. The first-order valence-electron chi connectivity index (χ1n) is 6.26. The summed E-state index contributed by atoms with van der Waals surface area (Å²) in [7, 11) is 0. The number of amides is 1. The number of halogens is 1. The highest BCUT2D eigenvalue weighted by molar-refractivity contribution is 6.33. The van der Waals surface area contributed by atoms with Gasteiger partial charge < -0.3 is 10.4 Å². The Bertz CT molecular complexity index is 575. The minimum atomic E-state index is -0.360. The molecule has 2 aromatic rings. The summed E-state index contributed by atoms with van der Waals surface area (Å²) in [5.41, 5.74) is 1.35. The summed E-state index contributed by atoms with van der Waals surface area (Å²) in [5, 5.41) is 12.5. The first kappa shape index (κ1) is 14.5. The number of benzene rings is 1. The van der Waals surface area contributed by atoms with Crippen molar-refractivity contribution in [2.75, 3.05) is 6.61 Å². The molecule has 1 amide bonds. The van der Waals surface area contributed by atoms with E-state index in [0.717, 1.165) is 5.56 Å². The minimum absolute atomic E-state index is 0.140. The van der Waals surface area contributed by atoms with Crippen molar-refractivity contribution in [1.82, 2.24) is 10.3 Å². The molecule has 0 aliphatic carbocycles. The number of aromatic nitrogens is 1. The number of nitrogens with one attached hydrogen (secondary N) is 1. The lowest BCUT2D eigenvalue weighted by molar-refractivity contribution is 0.0916. The zero-order chi connectivity index (χ0) is 14.4. The van der Waals surface area contributed by atoms with Crippen molar-refractivity contribution < 1.29 is 9.90 Å². The van der Waals surface area contributed by atoms with E-state index in [1.807, 2.05) is 30.3 Å². The third-order valence-corrected chi connectivity index (χ3v) is 3.22. The average Bonchev–Trinajstić information content (AvgIpc) is 2.48. The zero-order valence-electron chi connectivity index (χ0n) is 10.8. The highest BCUT2D eigenvalue weighted by atomic mass is 35.5. The molecular formula is C15H15ClN2O2. The van der Waals surface area contributed by atoms with E-state index in [1.54, 1.807) is 6.07 Å². The summed E-state index contributed by atoms with van der Waals surface area (Å²) >= 11 is 5.94. The summed E-state index contributed by atoms with van der Waals surface area (Å²) in [6.45, 7) is -0.140. The fraction of sp³-hybridized carbons (Fsp3) is 0.200. The molecule has 0 bridgehead atoms. The number of pyridine rings is 1. The SMILES string of the molecule is O=C(N[C@H](CO)Cc1ccccc1)c1cnccc1Cl. The molecule has 0 aliphatic heterocycles. The Hall–Kier alpha value is -1.91. The minimum Gasteiger partial charge on any atom is -0.394 e. The Balaban J connectivity index is 2.03. The quantitative estimate of drug-likeness (QED) is 0.886. The number of hydrogen-bond donors (Lipinski definition) is 2. The maximum absolute atomic E-state index is 12.1. The van der Waals surface area contributed by atoms with Gasteiger partial charge in [0.05, 0.1) is 23.2 Å². The predicted molar refractivity (Wildman–Crippen MR) is 77.7 cm³/mol. The molecule has 2 rings (SSSR count). The monoisotopic (exact) mass is 290 g/mol. The summed E-state index contributed by atoms with van der Waals surface area (Å²) in [6, 6.07) is 10.9. The smallest absolute Gasteiger partial charge is 0.254 e. The molecule has 1 aromatic heterocycles. The van der Waals surface area contributed by atoms with Crippen LogP contribution in [0.15, 0.2) is 48.8 Å². The van der Waals surface area contributed by atoms with Crippen LogP contribution in [-0.4, -0.2) is 28.6 Å². The molecule has 0 unspecified atom stereocenters. The summed E-state index contributed by atoms with van der Waals surface area (Å²) < 4.78 is 0. The van der Waals surface area contributed by atoms with Gasteiger partial charge in [-0.15, -0.1) is 0 Å². The van der Waals surface area contributed by atoms with E-state index in [9.17, 15) is 9.90 Å². The molecule has 1 heterocycles. The van der Waals surface area contributed by atoms with Crippen LogP contribution in [0.5, 0.6) is 0 Å².